The van der Waals surface area contributed by atoms with Gasteiger partial charge in [0.05, 0.1) is 11.2 Å². The lowest BCUT2D eigenvalue weighted by Crippen LogP contribution is -2.47. The van der Waals surface area contributed by atoms with Crippen LogP contribution in [-0.4, -0.2) is 67.7 Å². The SMILES string of the molecule is C[C@@H](OC(=O)C1(N=[N+]=[N-])CN(c2c(NCCNC(=O)OC(C)(C)C)c(=O)c2=O)C[C@@H]1CCCB1OC(C)(C)C(C)(C)O1)c1ccccc1. The molecule has 14 nitrogen and oxygen atoms in total. The van der Waals surface area contributed by atoms with Gasteiger partial charge in [-0.1, -0.05) is 41.9 Å². The molecule has 2 N–H and O–H groups in total. The molecule has 48 heavy (non-hydrogen) atoms. The number of rotatable bonds is 13. The van der Waals surface area contributed by atoms with Crippen molar-refractivity contribution >= 4 is 30.6 Å². The summed E-state index contributed by atoms with van der Waals surface area (Å²) in [6.45, 7) is 15.1. The number of anilines is 2. The summed E-state index contributed by atoms with van der Waals surface area (Å²) in [4.78, 5) is 56.3. The Balaban J connectivity index is 1.54. The van der Waals surface area contributed by atoms with Crippen molar-refractivity contribution in [1.82, 2.24) is 5.32 Å². The first kappa shape index (κ1) is 36.8. The van der Waals surface area contributed by atoms with Crippen molar-refractivity contribution in [3.05, 3.63) is 66.8 Å². The minimum Gasteiger partial charge on any atom is -0.457 e. The van der Waals surface area contributed by atoms with Crippen molar-refractivity contribution in [1.29, 1.82) is 0 Å². The molecule has 2 heterocycles. The number of benzene rings is 1. The van der Waals surface area contributed by atoms with Gasteiger partial charge in [-0.15, -0.1) is 0 Å². The maximum absolute atomic E-state index is 14.0. The van der Waals surface area contributed by atoms with E-state index in [4.69, 9.17) is 18.8 Å². The highest BCUT2D eigenvalue weighted by molar-refractivity contribution is 6.45. The normalized spacial score (nSPS) is 22.2. The lowest BCUT2D eigenvalue weighted by molar-refractivity contribution is -0.156. The number of ether oxygens (including phenoxy) is 2. The molecule has 2 aromatic carbocycles. The minimum absolute atomic E-state index is 0.0738. The summed E-state index contributed by atoms with van der Waals surface area (Å²) in [6, 6.07) is 9.19. The number of nitrogens with zero attached hydrogens (tertiary/aromatic N) is 4. The Kier molecular flexibility index (Phi) is 10.9. The smallest absolute Gasteiger partial charge is 0.457 e. The Bertz CT molecular complexity index is 1580. The van der Waals surface area contributed by atoms with Crippen LogP contribution in [0.2, 0.25) is 6.32 Å². The zero-order valence-corrected chi connectivity index (χ0v) is 29.1. The van der Waals surface area contributed by atoms with E-state index in [2.05, 4.69) is 20.7 Å². The molecule has 260 valence electrons. The molecule has 2 saturated heterocycles. The molecule has 0 radical (unpaired) electrons. The fourth-order valence-electron chi connectivity index (χ4n) is 6.05. The van der Waals surface area contributed by atoms with E-state index in [1.807, 2.05) is 58.0 Å². The monoisotopic (exact) mass is 666 g/mol. The van der Waals surface area contributed by atoms with Crippen LogP contribution in [0.15, 0.2) is 45.0 Å². The largest absolute Gasteiger partial charge is 0.457 e. The van der Waals surface area contributed by atoms with Gasteiger partial charge in [0.1, 0.15) is 23.1 Å². The van der Waals surface area contributed by atoms with Crippen LogP contribution in [0.5, 0.6) is 0 Å². The average molecular weight is 667 g/mol. The predicted molar refractivity (Wildman–Crippen MR) is 183 cm³/mol. The van der Waals surface area contributed by atoms with Crippen LogP contribution < -0.4 is 26.4 Å². The van der Waals surface area contributed by atoms with Crippen LogP contribution >= 0.6 is 0 Å². The summed E-state index contributed by atoms with van der Waals surface area (Å²) in [5.41, 5.74) is 5.91. The minimum atomic E-state index is -1.68. The molecule has 3 atom stereocenters. The van der Waals surface area contributed by atoms with Gasteiger partial charge in [-0.25, -0.2) is 4.79 Å². The second-order valence-corrected chi connectivity index (χ2v) is 14.5. The first-order valence-corrected chi connectivity index (χ1v) is 16.4. The van der Waals surface area contributed by atoms with Crippen molar-refractivity contribution in [3.8, 4) is 0 Å². The van der Waals surface area contributed by atoms with E-state index in [1.165, 1.54) is 0 Å². The number of nitrogens with one attached hydrogen (secondary N) is 2. The molecule has 0 bridgehead atoms. The van der Waals surface area contributed by atoms with E-state index in [1.54, 1.807) is 32.6 Å². The van der Waals surface area contributed by atoms with Crippen LogP contribution in [-0.2, 0) is 23.6 Å². The molecular formula is C33H47BN6O8. The Hall–Kier alpha value is -4.07. The average Bonchev–Trinajstić information content (AvgIpc) is 3.45. The summed E-state index contributed by atoms with van der Waals surface area (Å²) in [7, 11) is -0.454. The van der Waals surface area contributed by atoms with Crippen molar-refractivity contribution in [3.63, 3.8) is 0 Å². The quantitative estimate of drug-likeness (QED) is 0.0569. The molecule has 2 aliphatic heterocycles. The Morgan fingerprint density at radius 3 is 2.35 bits per heavy atom. The molecule has 1 unspecified atom stereocenters. The fraction of sp³-hybridized carbons (Fsp3) is 0.636. The lowest BCUT2D eigenvalue weighted by Gasteiger charge is -2.32. The number of carbonyl (C=O) groups is 2. The van der Waals surface area contributed by atoms with Crippen molar-refractivity contribution in [2.24, 2.45) is 11.0 Å². The van der Waals surface area contributed by atoms with Gasteiger partial charge < -0.3 is 34.3 Å². The van der Waals surface area contributed by atoms with Gasteiger partial charge in [0.2, 0.25) is 0 Å². The number of amides is 1. The van der Waals surface area contributed by atoms with Crippen LogP contribution in [0, 0.1) is 5.92 Å². The zero-order chi connectivity index (χ0) is 35.5. The number of hydrogen-bond acceptors (Lipinski definition) is 11. The van der Waals surface area contributed by atoms with Gasteiger partial charge in [-0.2, -0.15) is 0 Å². The zero-order valence-electron chi connectivity index (χ0n) is 29.1. The number of alkyl carbamates (subject to hydrolysis) is 1. The summed E-state index contributed by atoms with van der Waals surface area (Å²) < 4.78 is 23.4. The van der Waals surface area contributed by atoms with Crippen LogP contribution in [0.1, 0.15) is 79.9 Å². The van der Waals surface area contributed by atoms with E-state index < -0.39 is 64.4 Å². The van der Waals surface area contributed by atoms with E-state index >= 15 is 0 Å². The summed E-state index contributed by atoms with van der Waals surface area (Å²) in [6.07, 6.45) is 0.270. The van der Waals surface area contributed by atoms with Crippen LogP contribution in [0.4, 0.5) is 16.2 Å². The molecule has 4 rings (SSSR count). The maximum Gasteiger partial charge on any atom is 0.457 e. The lowest BCUT2D eigenvalue weighted by atomic mass is 9.78. The van der Waals surface area contributed by atoms with Gasteiger partial charge >= 0.3 is 19.2 Å². The Labute approximate surface area is 281 Å². The predicted octanol–water partition coefficient (Wildman–Crippen LogP) is 4.88. The van der Waals surface area contributed by atoms with E-state index in [9.17, 15) is 24.7 Å². The molecule has 2 fully saturated rings. The summed E-state index contributed by atoms with van der Waals surface area (Å²) >= 11 is 0. The number of azide groups is 1. The van der Waals surface area contributed by atoms with Gasteiger partial charge in [-0.05, 0) is 79.2 Å². The molecule has 2 aliphatic rings. The molecule has 15 heteroatoms. The molecular weight excluding hydrogens is 619 g/mol. The van der Waals surface area contributed by atoms with Crippen molar-refractivity contribution in [2.45, 2.75) is 103 Å². The van der Waals surface area contributed by atoms with Gasteiger partial charge in [0.25, 0.3) is 10.9 Å². The van der Waals surface area contributed by atoms with E-state index in [0.29, 0.717) is 19.2 Å². The Morgan fingerprint density at radius 1 is 1.10 bits per heavy atom. The van der Waals surface area contributed by atoms with Crippen LogP contribution in [0.25, 0.3) is 10.4 Å². The highest BCUT2D eigenvalue weighted by Crippen LogP contribution is 2.42. The fourth-order valence-corrected chi connectivity index (χ4v) is 6.05. The van der Waals surface area contributed by atoms with Gasteiger partial charge in [0.15, 0.2) is 5.54 Å². The number of esters is 1. The molecule has 0 aromatic heterocycles. The third-order valence-electron chi connectivity index (χ3n) is 9.27. The standard InChI is InChI=1S/C33H47BN6O8/c1-21(22-13-10-9-11-14-22)45-28(43)33(38-39-35)20-40(19-23(33)15-12-16-34-47-31(5,6)32(7,8)48-34)25-24(26(41)27(25)42)36-17-18-37-29(44)46-30(2,3)4/h9-11,13-14,21,23,36H,12,15-20H2,1-8H3,(H,37,44)/t21-,23+,33?/m1/s1. The van der Waals surface area contributed by atoms with Crippen molar-refractivity contribution < 1.29 is 28.4 Å². The third-order valence-corrected chi connectivity index (χ3v) is 9.27. The highest BCUT2D eigenvalue weighted by Gasteiger charge is 2.55. The first-order chi connectivity index (χ1) is 22.4. The maximum atomic E-state index is 14.0. The molecule has 2 aromatic rings. The number of hydrogen-bond donors (Lipinski definition) is 2. The Morgan fingerprint density at radius 2 is 1.75 bits per heavy atom. The molecule has 0 aliphatic carbocycles. The first-order valence-electron chi connectivity index (χ1n) is 16.4. The second kappa shape index (κ2) is 14.2. The summed E-state index contributed by atoms with van der Waals surface area (Å²) in [5.74, 6) is -1.27. The van der Waals surface area contributed by atoms with E-state index in [0.717, 1.165) is 5.56 Å². The molecule has 0 saturated carbocycles. The third kappa shape index (κ3) is 7.96. The van der Waals surface area contributed by atoms with Gasteiger partial charge in [-0.3, -0.25) is 14.4 Å². The summed E-state index contributed by atoms with van der Waals surface area (Å²) in [5, 5.41) is 9.61. The van der Waals surface area contributed by atoms with Gasteiger partial charge in [0, 0.05) is 37.0 Å². The second-order valence-electron chi connectivity index (χ2n) is 14.5. The molecule has 1 amide bonds. The highest BCUT2D eigenvalue weighted by atomic mass is 16.7. The molecule has 0 spiro atoms. The topological polar surface area (TPSA) is 181 Å². The van der Waals surface area contributed by atoms with Crippen molar-refractivity contribution in [2.75, 3.05) is 36.4 Å². The van der Waals surface area contributed by atoms with E-state index in [-0.39, 0.29) is 37.6 Å². The number of carbonyl (C=O) groups excluding carboxylic acids is 2. The van der Waals surface area contributed by atoms with Crippen LogP contribution in [0.3, 0.4) is 0 Å².